The number of hydrazone groups is 1. The molecule has 4 heteroatoms. The van der Waals surface area contributed by atoms with Crippen molar-refractivity contribution in [3.8, 4) is 0 Å². The van der Waals surface area contributed by atoms with Gasteiger partial charge in [0.25, 0.3) is 5.91 Å². The summed E-state index contributed by atoms with van der Waals surface area (Å²) in [6.45, 7) is 4.01. The first-order valence-electron chi connectivity index (χ1n) is 3.44. The average molecular weight is 153 g/mol. The van der Waals surface area contributed by atoms with Gasteiger partial charge in [0, 0.05) is 26.4 Å². The topological polar surface area (TPSA) is 35.9 Å². The summed E-state index contributed by atoms with van der Waals surface area (Å²) in [7, 11) is 1.70. The molecule has 0 saturated heterocycles. The predicted molar refractivity (Wildman–Crippen MR) is 42.8 cm³/mol. The first-order chi connectivity index (χ1) is 5.25. The van der Waals surface area contributed by atoms with Crippen molar-refractivity contribution in [3.63, 3.8) is 0 Å². The molecule has 1 aliphatic heterocycles. The van der Waals surface area contributed by atoms with Crippen LogP contribution in [-0.4, -0.2) is 36.3 Å². The molecule has 1 aliphatic rings. The van der Waals surface area contributed by atoms with Gasteiger partial charge in [-0.05, 0) is 6.42 Å². The quantitative estimate of drug-likeness (QED) is 0.421. The van der Waals surface area contributed by atoms with Crippen LogP contribution in [0.5, 0.6) is 0 Å². The maximum absolute atomic E-state index is 11.1. The summed E-state index contributed by atoms with van der Waals surface area (Å²) in [4.78, 5) is 11.1. The maximum Gasteiger partial charge on any atom is 0.266 e. The van der Waals surface area contributed by atoms with E-state index in [-0.39, 0.29) is 5.91 Å². The standard InChI is InChI=1S/C7H11N3O/c1-8-9(2)10-6-4-3-5-7(10)11/h3,5H,1,4,6H2,2H3. The van der Waals surface area contributed by atoms with E-state index in [1.165, 1.54) is 10.1 Å². The highest BCUT2D eigenvalue weighted by atomic mass is 16.2. The van der Waals surface area contributed by atoms with Crippen molar-refractivity contribution in [2.75, 3.05) is 13.6 Å². The molecule has 0 bridgehead atoms. The molecule has 0 aliphatic carbocycles. The zero-order chi connectivity index (χ0) is 8.27. The van der Waals surface area contributed by atoms with Gasteiger partial charge in [-0.15, -0.1) is 0 Å². The molecular weight excluding hydrogens is 142 g/mol. The fourth-order valence-electron chi connectivity index (χ4n) is 0.941. The molecule has 1 heterocycles. The van der Waals surface area contributed by atoms with Crippen LogP contribution < -0.4 is 0 Å². The van der Waals surface area contributed by atoms with E-state index in [1.54, 1.807) is 13.1 Å². The largest absolute Gasteiger partial charge is 0.268 e. The van der Waals surface area contributed by atoms with E-state index in [0.717, 1.165) is 6.42 Å². The first-order valence-corrected chi connectivity index (χ1v) is 3.44. The van der Waals surface area contributed by atoms with Crippen molar-refractivity contribution in [2.45, 2.75) is 6.42 Å². The lowest BCUT2D eigenvalue weighted by Crippen LogP contribution is -2.42. The highest BCUT2D eigenvalue weighted by Crippen LogP contribution is 2.04. The lowest BCUT2D eigenvalue weighted by Gasteiger charge is -2.29. The molecule has 0 aromatic rings. The van der Waals surface area contributed by atoms with Crippen LogP contribution in [0.15, 0.2) is 17.3 Å². The van der Waals surface area contributed by atoms with Gasteiger partial charge in [0.2, 0.25) is 0 Å². The molecular formula is C7H11N3O. The summed E-state index contributed by atoms with van der Waals surface area (Å²) >= 11 is 0. The van der Waals surface area contributed by atoms with E-state index in [4.69, 9.17) is 0 Å². The van der Waals surface area contributed by atoms with Gasteiger partial charge >= 0.3 is 0 Å². The molecule has 0 atom stereocenters. The van der Waals surface area contributed by atoms with Crippen molar-refractivity contribution < 1.29 is 4.79 Å². The zero-order valence-corrected chi connectivity index (χ0v) is 6.53. The molecule has 0 spiro atoms. The van der Waals surface area contributed by atoms with Crippen LogP contribution >= 0.6 is 0 Å². The van der Waals surface area contributed by atoms with Gasteiger partial charge in [0.05, 0.1) is 0 Å². The predicted octanol–water partition coefficient (Wildman–Crippen LogP) is 0.237. The molecule has 0 fully saturated rings. The van der Waals surface area contributed by atoms with E-state index in [1.807, 2.05) is 6.08 Å². The number of nitrogens with zero attached hydrogens (tertiary/aromatic N) is 3. The van der Waals surface area contributed by atoms with Gasteiger partial charge in [-0.1, -0.05) is 6.08 Å². The second kappa shape index (κ2) is 3.18. The van der Waals surface area contributed by atoms with Crippen LogP contribution in [0.25, 0.3) is 0 Å². The average Bonchev–Trinajstić information content (AvgIpc) is 2.04. The van der Waals surface area contributed by atoms with Crippen molar-refractivity contribution >= 4 is 12.6 Å². The van der Waals surface area contributed by atoms with Crippen LogP contribution in [-0.2, 0) is 4.79 Å². The SMILES string of the molecule is C=NN(C)N1CCC=CC1=O. The molecule has 11 heavy (non-hydrogen) atoms. The van der Waals surface area contributed by atoms with E-state index in [9.17, 15) is 4.79 Å². The summed E-state index contributed by atoms with van der Waals surface area (Å²) in [6, 6.07) is 0. The number of carbonyl (C=O) groups is 1. The maximum atomic E-state index is 11.1. The highest BCUT2D eigenvalue weighted by molar-refractivity contribution is 5.87. The number of carbonyl (C=O) groups excluding carboxylic acids is 1. The summed E-state index contributed by atoms with van der Waals surface area (Å²) in [5.74, 6) is -0.0360. The fraction of sp³-hybridized carbons (Fsp3) is 0.429. The number of hydrogen-bond donors (Lipinski definition) is 0. The van der Waals surface area contributed by atoms with Crippen molar-refractivity contribution in [3.05, 3.63) is 12.2 Å². The van der Waals surface area contributed by atoms with Crippen molar-refractivity contribution in [2.24, 2.45) is 5.10 Å². The highest BCUT2D eigenvalue weighted by Gasteiger charge is 2.15. The summed E-state index contributed by atoms with van der Waals surface area (Å²) in [5, 5.41) is 6.60. The molecule has 0 radical (unpaired) electrons. The van der Waals surface area contributed by atoms with E-state index >= 15 is 0 Å². The van der Waals surface area contributed by atoms with Crippen LogP contribution in [0.3, 0.4) is 0 Å². The fourth-order valence-corrected chi connectivity index (χ4v) is 0.941. The zero-order valence-electron chi connectivity index (χ0n) is 6.53. The smallest absolute Gasteiger partial charge is 0.266 e. The Bertz CT molecular complexity index is 200. The second-order valence-electron chi connectivity index (χ2n) is 2.28. The first kappa shape index (κ1) is 7.78. The Labute approximate surface area is 65.8 Å². The molecule has 0 saturated carbocycles. The third-order valence-corrected chi connectivity index (χ3v) is 1.58. The van der Waals surface area contributed by atoms with Gasteiger partial charge in [0.1, 0.15) is 0 Å². The number of hydrazine groups is 1. The lowest BCUT2D eigenvalue weighted by molar-refractivity contribution is -0.141. The molecule has 0 aromatic heterocycles. The lowest BCUT2D eigenvalue weighted by atomic mass is 10.3. The minimum absolute atomic E-state index is 0.0360. The van der Waals surface area contributed by atoms with E-state index in [0.29, 0.717) is 6.54 Å². The molecule has 0 aromatic carbocycles. The molecule has 0 unspecified atom stereocenters. The molecule has 1 rings (SSSR count). The van der Waals surface area contributed by atoms with Gasteiger partial charge in [-0.2, -0.15) is 5.10 Å². The summed E-state index contributed by atoms with van der Waals surface area (Å²) < 4.78 is 0. The number of hydrogen-bond acceptors (Lipinski definition) is 3. The Morgan fingerprint density at radius 2 is 2.55 bits per heavy atom. The van der Waals surface area contributed by atoms with Crippen molar-refractivity contribution in [1.29, 1.82) is 0 Å². The molecule has 1 amide bonds. The third kappa shape index (κ3) is 1.58. The van der Waals surface area contributed by atoms with Gasteiger partial charge in [-0.3, -0.25) is 4.79 Å². The Morgan fingerprint density at radius 3 is 3.09 bits per heavy atom. The molecule has 0 N–H and O–H groups in total. The Balaban J connectivity index is 2.64. The summed E-state index contributed by atoms with van der Waals surface area (Å²) in [5.41, 5.74) is 0. The van der Waals surface area contributed by atoms with Gasteiger partial charge in [0.15, 0.2) is 0 Å². The van der Waals surface area contributed by atoms with E-state index < -0.39 is 0 Å². The molecule has 4 nitrogen and oxygen atoms in total. The number of rotatable bonds is 2. The Kier molecular flexibility index (Phi) is 2.25. The van der Waals surface area contributed by atoms with Gasteiger partial charge in [-0.25, -0.2) is 10.1 Å². The number of amides is 1. The molecule has 60 valence electrons. The monoisotopic (exact) mass is 153 g/mol. The minimum atomic E-state index is -0.0360. The van der Waals surface area contributed by atoms with Crippen molar-refractivity contribution in [1.82, 2.24) is 10.1 Å². The normalized spacial score (nSPS) is 16.8. The van der Waals surface area contributed by atoms with Crippen LogP contribution in [0.2, 0.25) is 0 Å². The Morgan fingerprint density at radius 1 is 1.82 bits per heavy atom. The van der Waals surface area contributed by atoms with E-state index in [2.05, 4.69) is 11.8 Å². The van der Waals surface area contributed by atoms with Crippen LogP contribution in [0.1, 0.15) is 6.42 Å². The second-order valence-corrected chi connectivity index (χ2v) is 2.28. The summed E-state index contributed by atoms with van der Waals surface area (Å²) in [6.07, 6.45) is 4.28. The minimum Gasteiger partial charge on any atom is -0.268 e. The van der Waals surface area contributed by atoms with Crippen LogP contribution in [0.4, 0.5) is 0 Å². The Hall–Kier alpha value is -1.32. The third-order valence-electron chi connectivity index (χ3n) is 1.58. The van der Waals surface area contributed by atoms with Crippen LogP contribution in [0, 0.1) is 0 Å². The van der Waals surface area contributed by atoms with Gasteiger partial charge < -0.3 is 0 Å².